The summed E-state index contributed by atoms with van der Waals surface area (Å²) in [5.74, 6) is 1.00. The van der Waals surface area contributed by atoms with Gasteiger partial charge < -0.3 is 19.6 Å². The fourth-order valence-electron chi connectivity index (χ4n) is 3.37. The van der Waals surface area contributed by atoms with Crippen molar-refractivity contribution in [2.24, 2.45) is 4.99 Å². The van der Waals surface area contributed by atoms with Gasteiger partial charge in [0.05, 0.1) is 12.2 Å². The number of piperazine rings is 1. The molecular weight excluding hydrogens is 352 g/mol. The van der Waals surface area contributed by atoms with Gasteiger partial charge in [0.15, 0.2) is 5.96 Å². The minimum Gasteiger partial charge on any atom is -0.364 e. The summed E-state index contributed by atoms with van der Waals surface area (Å²) < 4.78 is 4.93. The van der Waals surface area contributed by atoms with Crippen LogP contribution in [0.15, 0.2) is 46.1 Å². The predicted molar refractivity (Wildman–Crippen MR) is 112 cm³/mol. The van der Waals surface area contributed by atoms with Gasteiger partial charge in [-0.3, -0.25) is 4.90 Å². The van der Waals surface area contributed by atoms with Gasteiger partial charge in [0.2, 0.25) is 0 Å². The lowest BCUT2D eigenvalue weighted by atomic mass is 10.1. The summed E-state index contributed by atoms with van der Waals surface area (Å²) in [6, 6.07) is 10.7. The van der Waals surface area contributed by atoms with Gasteiger partial charge >= 0.3 is 0 Å². The van der Waals surface area contributed by atoms with Crippen molar-refractivity contribution < 1.29 is 4.52 Å². The van der Waals surface area contributed by atoms with Crippen molar-refractivity contribution in [2.75, 3.05) is 46.8 Å². The molecule has 1 aliphatic heterocycles. The van der Waals surface area contributed by atoms with E-state index in [1.807, 2.05) is 6.07 Å². The summed E-state index contributed by atoms with van der Waals surface area (Å²) in [6.45, 7) is 9.42. The zero-order chi connectivity index (χ0) is 19.8. The van der Waals surface area contributed by atoms with Gasteiger partial charge in [0.25, 0.3) is 0 Å². The molecule has 3 rings (SSSR count). The van der Waals surface area contributed by atoms with Crippen molar-refractivity contribution >= 4 is 5.96 Å². The summed E-state index contributed by atoms with van der Waals surface area (Å²) in [5, 5.41) is 7.45. The molecule has 1 N–H and O–H groups in total. The number of aliphatic imine (C=N–C) groups is 1. The Balaban J connectivity index is 1.54. The fourth-order valence-corrected chi connectivity index (χ4v) is 3.37. The van der Waals surface area contributed by atoms with Crippen molar-refractivity contribution in [2.45, 2.75) is 26.6 Å². The minimum absolute atomic E-state index is 0.698. The number of nitrogens with one attached hydrogen (secondary N) is 1. The molecule has 152 valence electrons. The second kappa shape index (κ2) is 10.2. The number of rotatable bonds is 7. The Kier molecular flexibility index (Phi) is 7.45. The second-order valence-electron chi connectivity index (χ2n) is 7.48. The van der Waals surface area contributed by atoms with E-state index in [2.05, 4.69) is 70.5 Å². The SMILES string of the molecule is CCNC(=NCc1ccc(CN(C)C)cc1)N1CCN(Cc2ccon2)CC1. The minimum atomic E-state index is 0.698. The first-order chi connectivity index (χ1) is 13.6. The van der Waals surface area contributed by atoms with E-state index in [9.17, 15) is 0 Å². The highest BCUT2D eigenvalue weighted by atomic mass is 16.5. The number of hydrogen-bond acceptors (Lipinski definition) is 5. The predicted octanol–water partition coefficient (Wildman–Crippen LogP) is 2.02. The highest BCUT2D eigenvalue weighted by Gasteiger charge is 2.20. The highest BCUT2D eigenvalue weighted by molar-refractivity contribution is 5.80. The van der Waals surface area contributed by atoms with Crippen LogP contribution < -0.4 is 5.32 Å². The summed E-state index contributed by atoms with van der Waals surface area (Å²) >= 11 is 0. The Labute approximate surface area is 168 Å². The van der Waals surface area contributed by atoms with Crippen molar-refractivity contribution in [1.29, 1.82) is 0 Å². The van der Waals surface area contributed by atoms with Crippen LogP contribution in [0.1, 0.15) is 23.7 Å². The Hall–Kier alpha value is -2.38. The zero-order valence-corrected chi connectivity index (χ0v) is 17.3. The molecule has 0 amide bonds. The van der Waals surface area contributed by atoms with Crippen LogP contribution >= 0.6 is 0 Å². The molecule has 1 saturated heterocycles. The molecular formula is C21H32N6O. The van der Waals surface area contributed by atoms with E-state index in [1.165, 1.54) is 11.1 Å². The van der Waals surface area contributed by atoms with Crippen LogP contribution in [-0.2, 0) is 19.6 Å². The van der Waals surface area contributed by atoms with E-state index in [0.717, 1.165) is 57.5 Å². The van der Waals surface area contributed by atoms with Gasteiger partial charge in [-0.05, 0) is 32.1 Å². The first-order valence-electron chi connectivity index (χ1n) is 10.0. The van der Waals surface area contributed by atoms with E-state index in [-0.39, 0.29) is 0 Å². The lowest BCUT2D eigenvalue weighted by Crippen LogP contribution is -2.52. The molecule has 7 heteroatoms. The van der Waals surface area contributed by atoms with E-state index in [4.69, 9.17) is 9.52 Å². The molecule has 28 heavy (non-hydrogen) atoms. The molecule has 0 bridgehead atoms. The lowest BCUT2D eigenvalue weighted by Gasteiger charge is -2.36. The van der Waals surface area contributed by atoms with Crippen molar-refractivity contribution in [3.05, 3.63) is 53.4 Å². The summed E-state index contributed by atoms with van der Waals surface area (Å²) in [6.07, 6.45) is 1.63. The molecule has 1 aromatic heterocycles. The van der Waals surface area contributed by atoms with Crippen LogP contribution in [0.4, 0.5) is 0 Å². The van der Waals surface area contributed by atoms with E-state index in [0.29, 0.717) is 6.54 Å². The quantitative estimate of drug-likeness (QED) is 0.582. The number of hydrogen-bond donors (Lipinski definition) is 1. The zero-order valence-electron chi connectivity index (χ0n) is 17.3. The molecule has 0 saturated carbocycles. The molecule has 2 heterocycles. The molecule has 1 fully saturated rings. The first-order valence-corrected chi connectivity index (χ1v) is 10.0. The fraction of sp³-hybridized carbons (Fsp3) is 0.524. The lowest BCUT2D eigenvalue weighted by molar-refractivity contribution is 0.169. The third-order valence-corrected chi connectivity index (χ3v) is 4.82. The van der Waals surface area contributed by atoms with Gasteiger partial charge in [-0.2, -0.15) is 0 Å². The Morgan fingerprint density at radius 1 is 1.11 bits per heavy atom. The molecule has 7 nitrogen and oxygen atoms in total. The maximum Gasteiger partial charge on any atom is 0.194 e. The van der Waals surface area contributed by atoms with Gasteiger partial charge in [-0.25, -0.2) is 4.99 Å². The van der Waals surface area contributed by atoms with E-state index >= 15 is 0 Å². The molecule has 0 spiro atoms. The molecule has 0 aliphatic carbocycles. The van der Waals surface area contributed by atoms with Crippen LogP contribution in [0.2, 0.25) is 0 Å². The highest BCUT2D eigenvalue weighted by Crippen LogP contribution is 2.10. The molecule has 1 aromatic carbocycles. The molecule has 2 aromatic rings. The third kappa shape index (κ3) is 6.07. The number of guanidine groups is 1. The summed E-state index contributed by atoms with van der Waals surface area (Å²) in [4.78, 5) is 11.8. The molecule has 0 radical (unpaired) electrons. The normalized spacial score (nSPS) is 16.0. The van der Waals surface area contributed by atoms with Gasteiger partial charge in [0, 0.05) is 51.9 Å². The monoisotopic (exact) mass is 384 g/mol. The molecule has 0 unspecified atom stereocenters. The largest absolute Gasteiger partial charge is 0.364 e. The van der Waals surface area contributed by atoms with Crippen molar-refractivity contribution in [3.63, 3.8) is 0 Å². The topological polar surface area (TPSA) is 60.1 Å². The van der Waals surface area contributed by atoms with Crippen LogP contribution in [0, 0.1) is 0 Å². The molecule has 1 aliphatic rings. The van der Waals surface area contributed by atoms with Gasteiger partial charge in [-0.15, -0.1) is 0 Å². The van der Waals surface area contributed by atoms with E-state index in [1.54, 1.807) is 6.26 Å². The van der Waals surface area contributed by atoms with Crippen LogP contribution in [0.25, 0.3) is 0 Å². The maximum atomic E-state index is 4.93. The van der Waals surface area contributed by atoms with Crippen molar-refractivity contribution in [1.82, 2.24) is 25.2 Å². The Morgan fingerprint density at radius 2 is 1.82 bits per heavy atom. The van der Waals surface area contributed by atoms with Gasteiger partial charge in [-0.1, -0.05) is 29.4 Å². The standard InChI is InChI=1S/C21H32N6O/c1-4-22-21(23-15-18-5-7-19(8-6-18)16-25(2)3)27-12-10-26(11-13-27)17-20-9-14-28-24-20/h5-9,14H,4,10-13,15-17H2,1-3H3,(H,22,23). The number of nitrogens with zero attached hydrogens (tertiary/aromatic N) is 5. The van der Waals surface area contributed by atoms with E-state index < -0.39 is 0 Å². The van der Waals surface area contributed by atoms with Crippen LogP contribution in [0.3, 0.4) is 0 Å². The summed E-state index contributed by atoms with van der Waals surface area (Å²) in [7, 11) is 4.18. The number of aromatic nitrogens is 1. The second-order valence-corrected chi connectivity index (χ2v) is 7.48. The van der Waals surface area contributed by atoms with Crippen LogP contribution in [0.5, 0.6) is 0 Å². The Morgan fingerprint density at radius 3 is 2.43 bits per heavy atom. The molecule has 0 atom stereocenters. The smallest absolute Gasteiger partial charge is 0.194 e. The maximum absolute atomic E-state index is 4.93. The van der Waals surface area contributed by atoms with Gasteiger partial charge in [0.1, 0.15) is 6.26 Å². The summed E-state index contributed by atoms with van der Waals surface area (Å²) in [5.41, 5.74) is 3.56. The average molecular weight is 385 g/mol. The third-order valence-electron chi connectivity index (χ3n) is 4.82. The number of benzene rings is 1. The van der Waals surface area contributed by atoms with Crippen molar-refractivity contribution in [3.8, 4) is 0 Å². The average Bonchev–Trinajstić information content (AvgIpc) is 3.20. The first kappa shape index (κ1) is 20.4. The Bertz CT molecular complexity index is 718. The van der Waals surface area contributed by atoms with Crippen LogP contribution in [-0.4, -0.2) is 72.6 Å².